The van der Waals surface area contributed by atoms with Crippen LogP contribution in [0.1, 0.15) is 44.9 Å². The number of nitrogens with one attached hydrogen (secondary N) is 1. The van der Waals surface area contributed by atoms with Gasteiger partial charge in [-0.1, -0.05) is 60.7 Å². The van der Waals surface area contributed by atoms with Crippen LogP contribution in [-0.4, -0.2) is 53.5 Å². The maximum Gasteiger partial charge on any atom is 0.237 e. The lowest BCUT2D eigenvalue weighted by molar-refractivity contribution is -0.128. The van der Waals surface area contributed by atoms with Gasteiger partial charge in [-0.25, -0.2) is 0 Å². The summed E-state index contributed by atoms with van der Waals surface area (Å²) in [6.07, 6.45) is 0. The fourth-order valence-electron chi connectivity index (χ4n) is 3.91. The Labute approximate surface area is 169 Å². The molecular weight excluding hydrogens is 346 g/mol. The minimum Gasteiger partial charge on any atom is -0.350 e. The molecule has 2 aromatic carbocycles. The molecule has 0 spiro atoms. The largest absolute Gasteiger partial charge is 0.350 e. The zero-order chi connectivity index (χ0) is 20.1. The van der Waals surface area contributed by atoms with Gasteiger partial charge in [-0.2, -0.15) is 0 Å². The fraction of sp³-hybridized carbons (Fsp3) is 0.458. The highest BCUT2D eigenvalue weighted by Gasteiger charge is 2.31. The van der Waals surface area contributed by atoms with Crippen molar-refractivity contribution in [3.05, 3.63) is 71.8 Å². The number of hydrogen-bond donors (Lipinski definition) is 1. The van der Waals surface area contributed by atoms with Gasteiger partial charge < -0.3 is 5.32 Å². The highest BCUT2D eigenvalue weighted by Crippen LogP contribution is 2.29. The number of amides is 1. The smallest absolute Gasteiger partial charge is 0.237 e. The quantitative estimate of drug-likeness (QED) is 0.860. The SMILES string of the molecule is CC(C(=O)NC(C)(C)C)N1CCN(C(c2ccccc2)c2ccccc2)CC1. The molecule has 1 atom stereocenters. The van der Waals surface area contributed by atoms with E-state index in [1.54, 1.807) is 0 Å². The van der Waals surface area contributed by atoms with Gasteiger partial charge in [0.15, 0.2) is 0 Å². The van der Waals surface area contributed by atoms with Gasteiger partial charge in [0, 0.05) is 31.7 Å². The number of rotatable bonds is 5. The summed E-state index contributed by atoms with van der Waals surface area (Å²) in [6.45, 7) is 11.8. The maximum atomic E-state index is 12.5. The molecule has 1 heterocycles. The van der Waals surface area contributed by atoms with Crippen LogP contribution in [0.15, 0.2) is 60.7 Å². The van der Waals surface area contributed by atoms with Crippen LogP contribution in [-0.2, 0) is 4.79 Å². The standard InChI is InChI=1S/C24H33N3O/c1-19(23(28)25-24(2,3)4)26-15-17-27(18-16-26)22(20-11-7-5-8-12-20)21-13-9-6-10-14-21/h5-14,19,22H,15-18H2,1-4H3,(H,25,28). The lowest BCUT2D eigenvalue weighted by Crippen LogP contribution is -2.56. The van der Waals surface area contributed by atoms with Gasteiger partial charge in [0.1, 0.15) is 0 Å². The summed E-state index contributed by atoms with van der Waals surface area (Å²) >= 11 is 0. The van der Waals surface area contributed by atoms with Gasteiger partial charge >= 0.3 is 0 Å². The Morgan fingerprint density at radius 3 is 1.68 bits per heavy atom. The normalized spacial score (nSPS) is 17.5. The van der Waals surface area contributed by atoms with Crippen molar-refractivity contribution in [2.75, 3.05) is 26.2 Å². The van der Waals surface area contributed by atoms with Gasteiger partial charge in [-0.05, 0) is 38.8 Å². The predicted molar refractivity (Wildman–Crippen MR) is 115 cm³/mol. The highest BCUT2D eigenvalue weighted by atomic mass is 16.2. The first kappa shape index (κ1) is 20.6. The fourth-order valence-corrected chi connectivity index (χ4v) is 3.91. The van der Waals surface area contributed by atoms with Crippen LogP contribution >= 0.6 is 0 Å². The van der Waals surface area contributed by atoms with E-state index in [-0.39, 0.29) is 23.5 Å². The van der Waals surface area contributed by atoms with E-state index >= 15 is 0 Å². The van der Waals surface area contributed by atoms with Crippen molar-refractivity contribution >= 4 is 5.91 Å². The van der Waals surface area contributed by atoms with Gasteiger partial charge in [0.05, 0.1) is 12.1 Å². The molecular formula is C24H33N3O. The minimum atomic E-state index is -0.196. The average Bonchev–Trinajstić information content (AvgIpc) is 2.68. The van der Waals surface area contributed by atoms with E-state index in [1.807, 2.05) is 27.7 Å². The van der Waals surface area contributed by atoms with Crippen molar-refractivity contribution in [1.82, 2.24) is 15.1 Å². The summed E-state index contributed by atoms with van der Waals surface area (Å²) in [5.41, 5.74) is 2.44. The average molecular weight is 380 g/mol. The van der Waals surface area contributed by atoms with E-state index in [0.29, 0.717) is 0 Å². The molecule has 0 aromatic heterocycles. The minimum absolute atomic E-state index is 0.103. The second-order valence-electron chi connectivity index (χ2n) is 8.71. The van der Waals surface area contributed by atoms with Crippen LogP contribution in [0.5, 0.6) is 0 Å². The van der Waals surface area contributed by atoms with E-state index < -0.39 is 0 Å². The van der Waals surface area contributed by atoms with Crippen molar-refractivity contribution in [1.29, 1.82) is 0 Å². The Morgan fingerprint density at radius 2 is 1.25 bits per heavy atom. The Balaban J connectivity index is 1.70. The molecule has 28 heavy (non-hydrogen) atoms. The molecule has 0 aliphatic carbocycles. The zero-order valence-corrected chi connectivity index (χ0v) is 17.6. The summed E-state index contributed by atoms with van der Waals surface area (Å²) in [5, 5.41) is 3.11. The summed E-state index contributed by atoms with van der Waals surface area (Å²) in [7, 11) is 0. The number of piperazine rings is 1. The third kappa shape index (κ3) is 5.21. The molecule has 2 aromatic rings. The first-order valence-corrected chi connectivity index (χ1v) is 10.3. The van der Waals surface area contributed by atoms with E-state index in [1.165, 1.54) is 11.1 Å². The molecule has 150 valence electrons. The molecule has 0 bridgehead atoms. The topological polar surface area (TPSA) is 35.6 Å². The third-order valence-corrected chi connectivity index (χ3v) is 5.37. The lowest BCUT2D eigenvalue weighted by atomic mass is 9.96. The molecule has 1 aliphatic rings. The number of carbonyl (C=O) groups is 1. The Bertz CT molecular complexity index is 707. The first-order chi connectivity index (χ1) is 13.3. The maximum absolute atomic E-state index is 12.5. The number of carbonyl (C=O) groups excluding carboxylic acids is 1. The van der Waals surface area contributed by atoms with Gasteiger partial charge in [-0.15, -0.1) is 0 Å². The Hall–Kier alpha value is -2.17. The number of hydrogen-bond acceptors (Lipinski definition) is 3. The van der Waals surface area contributed by atoms with Crippen LogP contribution in [0.4, 0.5) is 0 Å². The predicted octanol–water partition coefficient (Wildman–Crippen LogP) is 3.70. The van der Waals surface area contributed by atoms with E-state index in [0.717, 1.165) is 26.2 Å². The zero-order valence-electron chi connectivity index (χ0n) is 17.6. The van der Waals surface area contributed by atoms with Crippen LogP contribution in [0.3, 0.4) is 0 Å². The second-order valence-corrected chi connectivity index (χ2v) is 8.71. The van der Waals surface area contributed by atoms with Gasteiger partial charge in [0.2, 0.25) is 5.91 Å². The molecule has 1 saturated heterocycles. The van der Waals surface area contributed by atoms with E-state index in [4.69, 9.17) is 0 Å². The van der Waals surface area contributed by atoms with Crippen molar-refractivity contribution in [3.63, 3.8) is 0 Å². The summed E-state index contributed by atoms with van der Waals surface area (Å²) in [4.78, 5) is 17.4. The van der Waals surface area contributed by atoms with Crippen molar-refractivity contribution in [2.24, 2.45) is 0 Å². The first-order valence-electron chi connectivity index (χ1n) is 10.3. The molecule has 1 N–H and O–H groups in total. The molecule has 4 heteroatoms. The van der Waals surface area contributed by atoms with Gasteiger partial charge in [-0.3, -0.25) is 14.6 Å². The van der Waals surface area contributed by atoms with Crippen molar-refractivity contribution < 1.29 is 4.79 Å². The summed E-state index contributed by atoms with van der Waals surface area (Å²) in [6, 6.07) is 21.6. The molecule has 0 radical (unpaired) electrons. The molecule has 3 rings (SSSR count). The molecule has 1 aliphatic heterocycles. The molecule has 1 amide bonds. The summed E-state index contributed by atoms with van der Waals surface area (Å²) < 4.78 is 0. The van der Waals surface area contributed by atoms with Crippen LogP contribution in [0.25, 0.3) is 0 Å². The second kappa shape index (κ2) is 8.89. The molecule has 0 saturated carbocycles. The monoisotopic (exact) mass is 379 g/mol. The number of benzene rings is 2. The van der Waals surface area contributed by atoms with Crippen LogP contribution in [0.2, 0.25) is 0 Å². The van der Waals surface area contributed by atoms with Crippen LogP contribution < -0.4 is 5.32 Å². The highest BCUT2D eigenvalue weighted by molar-refractivity contribution is 5.81. The lowest BCUT2D eigenvalue weighted by Gasteiger charge is -2.41. The number of nitrogens with zero attached hydrogens (tertiary/aromatic N) is 2. The third-order valence-electron chi connectivity index (χ3n) is 5.37. The van der Waals surface area contributed by atoms with Crippen LogP contribution in [0, 0.1) is 0 Å². The van der Waals surface area contributed by atoms with E-state index in [9.17, 15) is 4.79 Å². The van der Waals surface area contributed by atoms with Gasteiger partial charge in [0.25, 0.3) is 0 Å². The molecule has 1 fully saturated rings. The molecule has 4 nitrogen and oxygen atoms in total. The van der Waals surface area contributed by atoms with Crippen molar-refractivity contribution in [3.8, 4) is 0 Å². The summed E-state index contributed by atoms with van der Waals surface area (Å²) in [5.74, 6) is 0.114. The van der Waals surface area contributed by atoms with Crippen molar-refractivity contribution in [2.45, 2.75) is 45.3 Å². The van der Waals surface area contributed by atoms with E-state index in [2.05, 4.69) is 75.8 Å². The Kier molecular flexibility index (Phi) is 6.53. The Morgan fingerprint density at radius 1 is 0.821 bits per heavy atom. The molecule has 1 unspecified atom stereocenters.